The van der Waals surface area contributed by atoms with Gasteiger partial charge in [0.2, 0.25) is 11.9 Å². The minimum Gasteiger partial charge on any atom is -0.492 e. The van der Waals surface area contributed by atoms with Crippen molar-refractivity contribution in [1.29, 1.82) is 0 Å². The second-order valence-electron chi connectivity index (χ2n) is 6.18. The molecule has 1 aromatic heterocycles. The van der Waals surface area contributed by atoms with Gasteiger partial charge in [-0.1, -0.05) is 0 Å². The highest BCUT2D eigenvalue weighted by molar-refractivity contribution is 6.17. The van der Waals surface area contributed by atoms with Crippen molar-refractivity contribution in [1.82, 2.24) is 19.8 Å². The topological polar surface area (TPSA) is 115 Å². The van der Waals surface area contributed by atoms with Crippen molar-refractivity contribution in [2.75, 3.05) is 6.61 Å². The number of nitrogens with zero attached hydrogens (tertiary/aromatic N) is 4. The van der Waals surface area contributed by atoms with Gasteiger partial charge < -0.3 is 19.9 Å². The zero-order chi connectivity index (χ0) is 18.3. The summed E-state index contributed by atoms with van der Waals surface area (Å²) >= 11 is 0. The molecule has 4 rings (SSSR count). The standard InChI is InChI=1S/C17H18N6O3/c1-10-12-8-11(26-7-6-22-5-4-19-9-22)2-3-13(12)20-17-21-16(25)14(15(18)24)23(10)17/h2-5,8-10,14H,6-7H2,1H3,(H2,18,24)(H,20,21,25). The summed E-state index contributed by atoms with van der Waals surface area (Å²) in [6, 6.07) is 4.26. The average molecular weight is 354 g/mol. The number of aliphatic imine (C=N–C) groups is 1. The molecule has 3 N–H and O–H groups in total. The molecule has 2 amide bonds. The molecule has 3 heterocycles. The lowest BCUT2D eigenvalue weighted by molar-refractivity contribution is -0.131. The summed E-state index contributed by atoms with van der Waals surface area (Å²) in [7, 11) is 0. The molecule has 134 valence electrons. The summed E-state index contributed by atoms with van der Waals surface area (Å²) in [5, 5.41) is 2.62. The molecule has 2 aromatic rings. The van der Waals surface area contributed by atoms with Crippen molar-refractivity contribution in [3.05, 3.63) is 42.5 Å². The third-order valence-electron chi connectivity index (χ3n) is 4.55. The predicted octanol–water partition coefficient (Wildman–Crippen LogP) is 0.310. The fourth-order valence-corrected chi connectivity index (χ4v) is 3.26. The quantitative estimate of drug-likeness (QED) is 0.750. The molecule has 0 spiro atoms. The Morgan fingerprint density at radius 1 is 1.42 bits per heavy atom. The zero-order valence-electron chi connectivity index (χ0n) is 14.1. The van der Waals surface area contributed by atoms with Crippen LogP contribution in [-0.2, 0) is 16.1 Å². The van der Waals surface area contributed by atoms with Gasteiger partial charge in [-0.15, -0.1) is 0 Å². The second kappa shape index (κ2) is 6.17. The monoisotopic (exact) mass is 354 g/mol. The summed E-state index contributed by atoms with van der Waals surface area (Å²) in [5.74, 6) is -0.0977. The molecule has 1 saturated heterocycles. The molecule has 1 fully saturated rings. The molecule has 0 radical (unpaired) electrons. The second-order valence-corrected chi connectivity index (χ2v) is 6.18. The number of hydrogen-bond acceptors (Lipinski definition) is 6. The third kappa shape index (κ3) is 2.67. The Hall–Kier alpha value is -3.36. The zero-order valence-corrected chi connectivity index (χ0v) is 14.1. The van der Waals surface area contributed by atoms with Gasteiger partial charge in [-0.2, -0.15) is 0 Å². The number of carbonyl (C=O) groups excluding carboxylic acids is 2. The highest BCUT2D eigenvalue weighted by Crippen LogP contribution is 2.39. The predicted molar refractivity (Wildman–Crippen MR) is 92.6 cm³/mol. The van der Waals surface area contributed by atoms with Crippen LogP contribution in [0.4, 0.5) is 5.69 Å². The number of nitrogens with two attached hydrogens (primary N) is 1. The van der Waals surface area contributed by atoms with Gasteiger partial charge >= 0.3 is 0 Å². The van der Waals surface area contributed by atoms with E-state index in [1.165, 1.54) is 0 Å². The van der Waals surface area contributed by atoms with E-state index in [1.807, 2.05) is 35.9 Å². The molecule has 9 nitrogen and oxygen atoms in total. The average Bonchev–Trinajstić information content (AvgIpc) is 3.22. The van der Waals surface area contributed by atoms with Gasteiger partial charge in [-0.05, 0) is 25.1 Å². The van der Waals surface area contributed by atoms with E-state index >= 15 is 0 Å². The van der Waals surface area contributed by atoms with Crippen molar-refractivity contribution in [2.24, 2.45) is 10.7 Å². The number of imidazole rings is 1. The van der Waals surface area contributed by atoms with E-state index in [1.54, 1.807) is 17.4 Å². The number of ether oxygens (including phenoxy) is 1. The van der Waals surface area contributed by atoms with Crippen molar-refractivity contribution < 1.29 is 14.3 Å². The maximum absolute atomic E-state index is 12.0. The largest absolute Gasteiger partial charge is 0.492 e. The smallest absolute Gasteiger partial charge is 0.259 e. The molecule has 1 aromatic carbocycles. The van der Waals surface area contributed by atoms with Crippen molar-refractivity contribution in [3.63, 3.8) is 0 Å². The van der Waals surface area contributed by atoms with Gasteiger partial charge in [0, 0.05) is 18.0 Å². The molecule has 0 bridgehead atoms. The minimum absolute atomic E-state index is 0.244. The molecule has 9 heteroatoms. The van der Waals surface area contributed by atoms with E-state index in [2.05, 4.69) is 15.3 Å². The highest BCUT2D eigenvalue weighted by Gasteiger charge is 2.45. The number of fused-ring (bicyclic) bond motifs is 2. The van der Waals surface area contributed by atoms with Crippen LogP contribution in [0.1, 0.15) is 18.5 Å². The number of rotatable bonds is 5. The number of carbonyl (C=O) groups is 2. The van der Waals surface area contributed by atoms with Crippen LogP contribution in [0.25, 0.3) is 0 Å². The van der Waals surface area contributed by atoms with Crippen molar-refractivity contribution in [2.45, 2.75) is 25.6 Å². The van der Waals surface area contributed by atoms with E-state index in [-0.39, 0.29) is 6.04 Å². The molecular weight excluding hydrogens is 336 g/mol. The molecular formula is C17H18N6O3. The van der Waals surface area contributed by atoms with E-state index in [9.17, 15) is 9.59 Å². The Labute approximate surface area is 149 Å². The fourth-order valence-electron chi connectivity index (χ4n) is 3.26. The summed E-state index contributed by atoms with van der Waals surface area (Å²) < 4.78 is 7.74. The van der Waals surface area contributed by atoms with E-state index in [4.69, 9.17) is 10.5 Å². The first-order chi connectivity index (χ1) is 12.5. The third-order valence-corrected chi connectivity index (χ3v) is 4.55. The Morgan fingerprint density at radius 2 is 2.27 bits per heavy atom. The highest BCUT2D eigenvalue weighted by atomic mass is 16.5. The molecule has 2 unspecified atom stereocenters. The number of primary amides is 1. The van der Waals surface area contributed by atoms with Gasteiger partial charge in [0.25, 0.3) is 5.91 Å². The van der Waals surface area contributed by atoms with Gasteiger partial charge in [0.15, 0.2) is 6.04 Å². The summed E-state index contributed by atoms with van der Waals surface area (Å²) in [6.07, 6.45) is 5.32. The lowest BCUT2D eigenvalue weighted by Crippen LogP contribution is -2.47. The molecule has 2 aliphatic rings. The molecule has 2 aliphatic heterocycles. The fraction of sp³-hybridized carbons (Fsp3) is 0.294. The summed E-state index contributed by atoms with van der Waals surface area (Å²) in [4.78, 5) is 33.8. The lowest BCUT2D eigenvalue weighted by Gasteiger charge is -2.33. The molecule has 26 heavy (non-hydrogen) atoms. The first-order valence-electron chi connectivity index (χ1n) is 8.24. The Balaban J connectivity index is 1.55. The normalized spacial score (nSPS) is 20.9. The first-order valence-corrected chi connectivity index (χ1v) is 8.24. The Morgan fingerprint density at radius 3 is 3.00 bits per heavy atom. The number of aromatic nitrogens is 2. The van der Waals surface area contributed by atoms with Crippen LogP contribution in [0.2, 0.25) is 0 Å². The minimum atomic E-state index is -1.05. The van der Waals surface area contributed by atoms with Crippen LogP contribution < -0.4 is 15.8 Å². The number of benzene rings is 1. The van der Waals surface area contributed by atoms with Gasteiger partial charge in [-0.3, -0.25) is 14.9 Å². The lowest BCUT2D eigenvalue weighted by atomic mass is 10.0. The molecule has 0 aliphatic carbocycles. The number of nitrogens with one attached hydrogen (secondary N) is 1. The number of hydrogen-bond donors (Lipinski definition) is 2. The summed E-state index contributed by atoms with van der Waals surface area (Å²) in [5.41, 5.74) is 7.00. The van der Waals surface area contributed by atoms with Crippen LogP contribution in [0.5, 0.6) is 5.75 Å². The van der Waals surface area contributed by atoms with E-state index < -0.39 is 17.9 Å². The van der Waals surface area contributed by atoms with Crippen molar-refractivity contribution in [3.8, 4) is 5.75 Å². The number of guanidine groups is 1. The SMILES string of the molecule is CC1c2cc(OCCn3ccnc3)ccc2N=C2NC(=O)C(C(N)=O)N21. The van der Waals surface area contributed by atoms with Crippen LogP contribution in [-0.4, -0.2) is 44.9 Å². The van der Waals surface area contributed by atoms with Gasteiger partial charge in [-0.25, -0.2) is 9.98 Å². The van der Waals surface area contributed by atoms with E-state index in [0.29, 0.717) is 24.9 Å². The van der Waals surface area contributed by atoms with Crippen LogP contribution in [0, 0.1) is 0 Å². The van der Waals surface area contributed by atoms with Crippen LogP contribution >= 0.6 is 0 Å². The van der Waals surface area contributed by atoms with Crippen LogP contribution in [0.15, 0.2) is 41.9 Å². The first kappa shape index (κ1) is 16.1. The van der Waals surface area contributed by atoms with E-state index in [0.717, 1.165) is 11.3 Å². The Kier molecular flexibility index (Phi) is 3.83. The summed E-state index contributed by atoms with van der Waals surface area (Å²) in [6.45, 7) is 3.08. The molecule has 2 atom stereocenters. The maximum Gasteiger partial charge on any atom is 0.259 e. The van der Waals surface area contributed by atoms with Gasteiger partial charge in [0.05, 0.1) is 24.6 Å². The van der Waals surface area contributed by atoms with Crippen molar-refractivity contribution >= 4 is 23.5 Å². The molecule has 0 saturated carbocycles. The Bertz CT molecular complexity index is 892. The number of amides is 2. The van der Waals surface area contributed by atoms with Gasteiger partial charge in [0.1, 0.15) is 12.4 Å². The van der Waals surface area contributed by atoms with Crippen LogP contribution in [0.3, 0.4) is 0 Å². The maximum atomic E-state index is 12.0.